The Kier molecular flexibility index (Phi) is 1.81. The summed E-state index contributed by atoms with van der Waals surface area (Å²) in [5.41, 5.74) is 0. The third-order valence-electron chi connectivity index (χ3n) is 0.909. The van der Waals surface area contributed by atoms with Crippen LogP contribution in [0.5, 0.6) is 0 Å². The lowest BCUT2D eigenvalue weighted by Gasteiger charge is -1.98. The number of aromatic nitrogens is 1. The Morgan fingerprint density at radius 3 is 3.00 bits per heavy atom. The summed E-state index contributed by atoms with van der Waals surface area (Å²) in [4.78, 5) is 3.61. The van der Waals surface area contributed by atoms with Gasteiger partial charge >= 0.3 is 0 Å². The van der Waals surface area contributed by atoms with Gasteiger partial charge in [0.25, 0.3) is 0 Å². The van der Waals surface area contributed by atoms with Gasteiger partial charge in [0.05, 0.1) is 12.8 Å². The van der Waals surface area contributed by atoms with Gasteiger partial charge in [0.2, 0.25) is 5.89 Å². The van der Waals surface area contributed by atoms with Crippen LogP contribution in [0, 0.1) is 0 Å². The Labute approximate surface area is 51.8 Å². The molecule has 1 atom stereocenters. The van der Waals surface area contributed by atoms with Crippen molar-refractivity contribution in [2.45, 2.75) is 6.10 Å². The van der Waals surface area contributed by atoms with Gasteiger partial charge in [-0.3, -0.25) is 0 Å². The molecule has 0 spiro atoms. The van der Waals surface area contributed by atoms with E-state index in [2.05, 4.69) is 9.40 Å². The average Bonchev–Trinajstić information content (AvgIpc) is 2.37. The molecule has 2 N–H and O–H groups in total. The molecule has 0 aliphatic rings. The van der Waals surface area contributed by atoms with Gasteiger partial charge in [0.1, 0.15) is 6.26 Å². The number of hydrogen-bond acceptors (Lipinski definition) is 4. The first-order chi connectivity index (χ1) is 4.34. The van der Waals surface area contributed by atoms with Crippen molar-refractivity contribution in [1.82, 2.24) is 4.98 Å². The normalized spacial score (nSPS) is 13.6. The van der Waals surface area contributed by atoms with Crippen molar-refractivity contribution in [3.8, 4) is 0 Å². The smallest absolute Gasteiger partial charge is 0.225 e. The van der Waals surface area contributed by atoms with Gasteiger partial charge in [-0.1, -0.05) is 0 Å². The lowest BCUT2D eigenvalue weighted by atomic mass is 10.4. The fourth-order valence-corrected chi connectivity index (χ4v) is 0.477. The van der Waals surface area contributed by atoms with E-state index in [1.807, 2.05) is 0 Å². The van der Waals surface area contributed by atoms with E-state index in [9.17, 15) is 0 Å². The highest BCUT2D eigenvalue weighted by Crippen LogP contribution is 2.06. The minimum Gasteiger partial charge on any atom is -0.446 e. The lowest BCUT2D eigenvalue weighted by molar-refractivity contribution is 0.0732. The summed E-state index contributed by atoms with van der Waals surface area (Å²) in [5, 5.41) is 17.2. The van der Waals surface area contributed by atoms with Gasteiger partial charge in [-0.15, -0.1) is 0 Å². The summed E-state index contributed by atoms with van der Waals surface area (Å²) in [5.74, 6) is 0.150. The standard InChI is InChI=1S/C5H7NO3/c7-3-4(8)5-6-1-2-9-5/h1-2,4,7-8H,3H2. The van der Waals surface area contributed by atoms with Crippen molar-refractivity contribution in [2.75, 3.05) is 6.61 Å². The molecule has 1 heterocycles. The Bertz CT molecular complexity index is 161. The first kappa shape index (κ1) is 6.25. The van der Waals surface area contributed by atoms with Crippen LogP contribution in [-0.2, 0) is 0 Å². The van der Waals surface area contributed by atoms with Gasteiger partial charge in [-0.2, -0.15) is 0 Å². The van der Waals surface area contributed by atoms with E-state index in [0.717, 1.165) is 0 Å². The van der Waals surface area contributed by atoms with Crippen molar-refractivity contribution >= 4 is 0 Å². The molecule has 0 amide bonds. The minimum absolute atomic E-state index is 0.150. The van der Waals surface area contributed by atoms with Crippen molar-refractivity contribution in [3.05, 3.63) is 18.4 Å². The molecular weight excluding hydrogens is 122 g/mol. The fourth-order valence-electron chi connectivity index (χ4n) is 0.477. The van der Waals surface area contributed by atoms with Crippen LogP contribution in [0.4, 0.5) is 0 Å². The van der Waals surface area contributed by atoms with E-state index in [-0.39, 0.29) is 12.5 Å². The molecule has 0 aliphatic carbocycles. The second-order valence-corrected chi connectivity index (χ2v) is 1.57. The predicted octanol–water partition coefficient (Wildman–Crippen LogP) is -0.300. The van der Waals surface area contributed by atoms with E-state index in [0.29, 0.717) is 0 Å². The molecule has 0 fully saturated rings. The third kappa shape index (κ3) is 1.28. The molecule has 1 rings (SSSR count). The van der Waals surface area contributed by atoms with Crippen LogP contribution in [0.25, 0.3) is 0 Å². The van der Waals surface area contributed by atoms with Crippen molar-refractivity contribution < 1.29 is 14.6 Å². The molecule has 4 nitrogen and oxygen atoms in total. The maximum absolute atomic E-state index is 8.81. The minimum atomic E-state index is -0.986. The van der Waals surface area contributed by atoms with Crippen molar-refractivity contribution in [2.24, 2.45) is 0 Å². The van der Waals surface area contributed by atoms with Crippen molar-refractivity contribution in [3.63, 3.8) is 0 Å². The molecule has 4 heteroatoms. The first-order valence-corrected chi connectivity index (χ1v) is 2.53. The van der Waals surface area contributed by atoms with E-state index in [1.165, 1.54) is 12.5 Å². The highest BCUT2D eigenvalue weighted by atomic mass is 16.4. The molecule has 0 radical (unpaired) electrons. The molecule has 0 aliphatic heterocycles. The maximum atomic E-state index is 8.81. The van der Waals surface area contributed by atoms with E-state index >= 15 is 0 Å². The topological polar surface area (TPSA) is 66.5 Å². The van der Waals surface area contributed by atoms with Gasteiger partial charge in [-0.25, -0.2) is 4.98 Å². The van der Waals surface area contributed by atoms with Gasteiger partial charge in [0.15, 0.2) is 6.10 Å². The Morgan fingerprint density at radius 2 is 2.56 bits per heavy atom. The first-order valence-electron chi connectivity index (χ1n) is 2.53. The second-order valence-electron chi connectivity index (χ2n) is 1.57. The molecular formula is C5H7NO3. The Balaban J connectivity index is 2.65. The molecule has 1 unspecified atom stereocenters. The summed E-state index contributed by atoms with van der Waals surface area (Å²) in [6.45, 7) is -0.361. The number of oxazole rings is 1. The fraction of sp³-hybridized carbons (Fsp3) is 0.400. The highest BCUT2D eigenvalue weighted by Gasteiger charge is 2.08. The Hall–Kier alpha value is -0.870. The SMILES string of the molecule is OCC(O)c1ncco1. The van der Waals surface area contributed by atoms with Crippen LogP contribution in [0.2, 0.25) is 0 Å². The largest absolute Gasteiger partial charge is 0.446 e. The van der Waals surface area contributed by atoms with Crippen molar-refractivity contribution in [1.29, 1.82) is 0 Å². The van der Waals surface area contributed by atoms with Crippen LogP contribution < -0.4 is 0 Å². The molecule has 1 aromatic heterocycles. The van der Waals surface area contributed by atoms with E-state index in [1.54, 1.807) is 0 Å². The summed E-state index contributed by atoms with van der Waals surface area (Å²) >= 11 is 0. The highest BCUT2D eigenvalue weighted by molar-refractivity contribution is 4.84. The summed E-state index contributed by atoms with van der Waals surface area (Å²) in [6.07, 6.45) is 1.77. The van der Waals surface area contributed by atoms with Crippen LogP contribution >= 0.6 is 0 Å². The van der Waals surface area contributed by atoms with Crippen LogP contribution in [0.15, 0.2) is 16.9 Å². The predicted molar refractivity (Wildman–Crippen MR) is 28.5 cm³/mol. The third-order valence-corrected chi connectivity index (χ3v) is 0.909. The van der Waals surface area contributed by atoms with E-state index < -0.39 is 6.10 Å². The van der Waals surface area contributed by atoms with Crippen LogP contribution in [0.3, 0.4) is 0 Å². The van der Waals surface area contributed by atoms with Crippen LogP contribution in [0.1, 0.15) is 12.0 Å². The molecule has 1 aromatic rings. The monoisotopic (exact) mass is 129 g/mol. The Morgan fingerprint density at radius 1 is 1.78 bits per heavy atom. The molecule has 0 aromatic carbocycles. The zero-order valence-electron chi connectivity index (χ0n) is 4.69. The second kappa shape index (κ2) is 2.61. The number of hydrogen-bond donors (Lipinski definition) is 2. The summed E-state index contributed by atoms with van der Waals surface area (Å²) in [6, 6.07) is 0. The quantitative estimate of drug-likeness (QED) is 0.575. The zero-order chi connectivity index (χ0) is 6.69. The zero-order valence-corrected chi connectivity index (χ0v) is 4.69. The van der Waals surface area contributed by atoms with Gasteiger partial charge in [0, 0.05) is 0 Å². The average molecular weight is 129 g/mol. The molecule has 50 valence electrons. The molecule has 0 saturated heterocycles. The number of nitrogens with zero attached hydrogens (tertiary/aromatic N) is 1. The lowest BCUT2D eigenvalue weighted by Crippen LogP contribution is -2.01. The molecule has 0 bridgehead atoms. The molecule has 0 saturated carbocycles. The maximum Gasteiger partial charge on any atom is 0.225 e. The van der Waals surface area contributed by atoms with Crippen LogP contribution in [-0.4, -0.2) is 21.8 Å². The number of aliphatic hydroxyl groups is 2. The van der Waals surface area contributed by atoms with E-state index in [4.69, 9.17) is 10.2 Å². The van der Waals surface area contributed by atoms with Gasteiger partial charge in [-0.05, 0) is 0 Å². The molecule has 9 heavy (non-hydrogen) atoms. The number of rotatable bonds is 2. The number of aliphatic hydroxyl groups excluding tert-OH is 2. The van der Waals surface area contributed by atoms with Gasteiger partial charge < -0.3 is 14.6 Å². The summed E-state index contributed by atoms with van der Waals surface area (Å²) in [7, 11) is 0. The summed E-state index contributed by atoms with van der Waals surface area (Å²) < 4.78 is 4.67.